The third-order valence-electron chi connectivity index (χ3n) is 6.69. The Balaban J connectivity index is 1.55. The molecular formula is C30H32N6O2. The smallest absolute Gasteiger partial charge is 0.321 e. The molecule has 2 aliphatic rings. The Morgan fingerprint density at radius 3 is 2.63 bits per heavy atom. The average Bonchev–Trinajstić information content (AvgIpc) is 3.29. The first kappa shape index (κ1) is 25.4. The number of benzene rings is 3. The molecule has 2 amide bonds. The molecule has 2 aliphatic heterocycles. The van der Waals surface area contributed by atoms with Crippen LogP contribution in [0, 0.1) is 6.92 Å². The predicted octanol–water partition coefficient (Wildman–Crippen LogP) is 4.82. The molecule has 1 fully saturated rings. The molecule has 1 saturated heterocycles. The van der Waals surface area contributed by atoms with Gasteiger partial charge in [-0.3, -0.25) is 14.7 Å². The zero-order chi connectivity index (χ0) is 26.5. The molecule has 0 spiro atoms. The van der Waals surface area contributed by atoms with Crippen molar-refractivity contribution in [3.63, 3.8) is 0 Å². The van der Waals surface area contributed by atoms with Crippen LogP contribution in [-0.4, -0.2) is 53.7 Å². The molecule has 0 saturated carbocycles. The van der Waals surface area contributed by atoms with Gasteiger partial charge in [0, 0.05) is 35.5 Å². The molecule has 8 nitrogen and oxygen atoms in total. The number of ketones is 1. The number of amides is 2. The minimum Gasteiger partial charge on any atom is -0.340 e. The number of fused-ring (bicyclic) bond motifs is 1. The number of carbonyl (C=O) groups is 2. The lowest BCUT2D eigenvalue weighted by molar-refractivity contribution is -0.117. The number of para-hydroxylation sites is 1. The quantitative estimate of drug-likeness (QED) is 0.445. The number of anilines is 2. The van der Waals surface area contributed by atoms with Crippen LogP contribution in [0.15, 0.2) is 88.8 Å². The highest BCUT2D eigenvalue weighted by Crippen LogP contribution is 2.25. The van der Waals surface area contributed by atoms with Gasteiger partial charge in [0.2, 0.25) is 0 Å². The average molecular weight is 509 g/mol. The molecule has 8 heteroatoms. The summed E-state index contributed by atoms with van der Waals surface area (Å²) in [6, 6.07) is 25.1. The molecule has 38 heavy (non-hydrogen) atoms. The predicted molar refractivity (Wildman–Crippen MR) is 152 cm³/mol. The molecular weight excluding hydrogens is 476 g/mol. The summed E-state index contributed by atoms with van der Waals surface area (Å²) in [4.78, 5) is 37.4. The minimum atomic E-state index is -0.783. The topological polar surface area (TPSA) is 98.2 Å². The van der Waals surface area contributed by atoms with Crippen LogP contribution in [0.4, 0.5) is 16.2 Å². The van der Waals surface area contributed by atoms with Crippen molar-refractivity contribution in [1.82, 2.24) is 10.2 Å². The number of hydrogen-bond acceptors (Lipinski definition) is 5. The van der Waals surface area contributed by atoms with Crippen LogP contribution in [0.1, 0.15) is 36.5 Å². The van der Waals surface area contributed by atoms with E-state index in [1.165, 1.54) is 0 Å². The second kappa shape index (κ2) is 11.4. The Labute approximate surface area is 222 Å². The second-order valence-electron chi connectivity index (χ2n) is 9.55. The number of rotatable bonds is 6. The summed E-state index contributed by atoms with van der Waals surface area (Å²) in [7, 11) is 0. The number of aryl methyl sites for hydroxylation is 1. The number of Topliss-reactive ketones (excluding diaryl/α,β-unsaturated/α-hetero) is 1. The highest BCUT2D eigenvalue weighted by atomic mass is 16.2. The summed E-state index contributed by atoms with van der Waals surface area (Å²) >= 11 is 0. The number of nitrogens with one attached hydrogen (secondary N) is 3. The highest BCUT2D eigenvalue weighted by Gasteiger charge is 2.30. The molecule has 0 aromatic heterocycles. The molecule has 3 N–H and O–H groups in total. The van der Waals surface area contributed by atoms with E-state index < -0.39 is 6.17 Å². The lowest BCUT2D eigenvalue weighted by Gasteiger charge is -2.25. The lowest BCUT2D eigenvalue weighted by atomic mass is 10.0. The lowest BCUT2D eigenvalue weighted by Crippen LogP contribution is -2.46. The fourth-order valence-electron chi connectivity index (χ4n) is 4.81. The van der Waals surface area contributed by atoms with Gasteiger partial charge in [0.15, 0.2) is 6.17 Å². The van der Waals surface area contributed by atoms with Crippen molar-refractivity contribution >= 4 is 34.7 Å². The fraction of sp³-hybridized carbons (Fsp3) is 0.267. The number of nitrogens with zero attached hydrogens (tertiary/aromatic N) is 3. The van der Waals surface area contributed by atoms with Gasteiger partial charge in [-0.05, 0) is 37.1 Å². The third kappa shape index (κ3) is 5.81. The van der Waals surface area contributed by atoms with Crippen LogP contribution >= 0.6 is 0 Å². The maximum Gasteiger partial charge on any atom is 0.321 e. The van der Waals surface area contributed by atoms with Gasteiger partial charge < -0.3 is 16.0 Å². The molecule has 194 valence electrons. The largest absolute Gasteiger partial charge is 0.340 e. The number of likely N-dealkylation sites (tertiary alicyclic amines) is 1. The first-order valence-corrected chi connectivity index (χ1v) is 13.0. The normalized spacial score (nSPS) is 19.2. The van der Waals surface area contributed by atoms with Crippen LogP contribution in [0.2, 0.25) is 0 Å². The van der Waals surface area contributed by atoms with Crippen molar-refractivity contribution in [2.24, 2.45) is 9.98 Å². The van der Waals surface area contributed by atoms with Crippen molar-refractivity contribution in [3.05, 3.63) is 95.6 Å². The van der Waals surface area contributed by atoms with E-state index in [1.54, 1.807) is 0 Å². The molecule has 0 bridgehead atoms. The Hall–Kier alpha value is -4.30. The van der Waals surface area contributed by atoms with Crippen LogP contribution < -0.4 is 16.0 Å². The van der Waals surface area contributed by atoms with E-state index in [4.69, 9.17) is 9.98 Å². The number of carbonyl (C=O) groups excluding carboxylic acids is 2. The van der Waals surface area contributed by atoms with Crippen LogP contribution in [0.5, 0.6) is 0 Å². The maximum atomic E-state index is 13.2. The minimum absolute atomic E-state index is 0.214. The number of urea groups is 1. The van der Waals surface area contributed by atoms with Gasteiger partial charge in [-0.15, -0.1) is 0 Å². The van der Waals surface area contributed by atoms with Gasteiger partial charge >= 0.3 is 6.03 Å². The Morgan fingerprint density at radius 1 is 1.11 bits per heavy atom. The molecule has 0 aliphatic carbocycles. The summed E-state index contributed by atoms with van der Waals surface area (Å²) < 4.78 is 0. The van der Waals surface area contributed by atoms with Crippen LogP contribution in [0.3, 0.4) is 0 Å². The Kier molecular flexibility index (Phi) is 7.60. The van der Waals surface area contributed by atoms with Crippen LogP contribution in [0.25, 0.3) is 0 Å². The van der Waals surface area contributed by atoms with E-state index in [0.717, 1.165) is 34.5 Å². The van der Waals surface area contributed by atoms with Crippen molar-refractivity contribution in [1.29, 1.82) is 0 Å². The van der Waals surface area contributed by atoms with E-state index in [1.807, 2.05) is 92.7 Å². The zero-order valence-electron chi connectivity index (χ0n) is 21.6. The Morgan fingerprint density at radius 2 is 1.89 bits per heavy atom. The number of hydrogen-bond donors (Lipinski definition) is 3. The summed E-state index contributed by atoms with van der Waals surface area (Å²) in [5.41, 5.74) is 5.20. The molecule has 3 aromatic carbocycles. The van der Waals surface area contributed by atoms with Gasteiger partial charge in [0.25, 0.3) is 0 Å². The number of benzodiazepines with no additional fused rings is 1. The third-order valence-corrected chi connectivity index (χ3v) is 6.69. The van der Waals surface area contributed by atoms with Gasteiger partial charge in [0.1, 0.15) is 17.8 Å². The molecule has 5 rings (SSSR count). The Bertz CT molecular complexity index is 1380. The van der Waals surface area contributed by atoms with Crippen molar-refractivity contribution in [2.45, 2.75) is 39.0 Å². The number of aliphatic imine (C=N–C) groups is 2. The SMILES string of the molecule is CCC(N=C1Nc2ccccc2C(c2ccccc2)=NC1NC(=O)Nc1cccc(C)c1)N1CCC(=O)C1. The molecule has 0 radical (unpaired) electrons. The van der Waals surface area contributed by atoms with E-state index in [9.17, 15) is 9.59 Å². The van der Waals surface area contributed by atoms with E-state index in [0.29, 0.717) is 31.0 Å². The van der Waals surface area contributed by atoms with E-state index in [2.05, 4.69) is 20.9 Å². The first-order valence-electron chi connectivity index (χ1n) is 13.0. The second-order valence-corrected chi connectivity index (χ2v) is 9.55. The molecule has 2 unspecified atom stereocenters. The molecule has 3 aromatic rings. The standard InChI is InChI=1S/C30H32N6O2/c1-3-26(36-17-16-23(37)19-36)33-28-29(35-30(38)31-22-13-9-10-20(2)18-22)34-27(21-11-5-4-6-12-21)24-14-7-8-15-25(24)32-28/h4-15,18,26,29H,3,16-17,19H2,1-2H3,(H,32,33)(H2,31,35,38). The fourth-order valence-corrected chi connectivity index (χ4v) is 4.81. The van der Waals surface area contributed by atoms with Gasteiger partial charge in [-0.2, -0.15) is 0 Å². The zero-order valence-corrected chi connectivity index (χ0v) is 21.6. The molecule has 2 heterocycles. The van der Waals surface area contributed by atoms with Crippen molar-refractivity contribution in [3.8, 4) is 0 Å². The molecule has 2 atom stereocenters. The van der Waals surface area contributed by atoms with Crippen molar-refractivity contribution < 1.29 is 9.59 Å². The first-order chi connectivity index (χ1) is 18.5. The van der Waals surface area contributed by atoms with E-state index in [-0.39, 0.29) is 18.0 Å². The number of amidine groups is 1. The summed E-state index contributed by atoms with van der Waals surface area (Å²) in [5.74, 6) is 0.744. The maximum absolute atomic E-state index is 13.2. The van der Waals surface area contributed by atoms with Crippen molar-refractivity contribution in [2.75, 3.05) is 23.7 Å². The van der Waals surface area contributed by atoms with Crippen LogP contribution in [-0.2, 0) is 4.79 Å². The summed E-state index contributed by atoms with van der Waals surface area (Å²) in [6.45, 7) is 5.09. The van der Waals surface area contributed by atoms with Gasteiger partial charge in [-0.1, -0.05) is 67.6 Å². The summed E-state index contributed by atoms with van der Waals surface area (Å²) in [5, 5.41) is 9.41. The summed E-state index contributed by atoms with van der Waals surface area (Å²) in [6.07, 6.45) is 0.259. The monoisotopic (exact) mass is 508 g/mol. The highest BCUT2D eigenvalue weighted by molar-refractivity contribution is 6.20. The van der Waals surface area contributed by atoms with Gasteiger partial charge in [0.05, 0.1) is 12.3 Å². The van der Waals surface area contributed by atoms with Gasteiger partial charge in [-0.25, -0.2) is 9.79 Å². The van der Waals surface area contributed by atoms with E-state index >= 15 is 0 Å².